The van der Waals surface area contributed by atoms with Crippen LogP contribution in [0.5, 0.6) is 0 Å². The maximum Gasteiger partial charge on any atom is 0.331 e. The van der Waals surface area contributed by atoms with Crippen LogP contribution in [-0.4, -0.2) is 15.0 Å². The van der Waals surface area contributed by atoms with Gasteiger partial charge in [0.15, 0.2) is 0 Å². The monoisotopic (exact) mass is 366 g/mol. The standard InChI is InChI=1S/C19H18N4O4/c1-3-22-10-14(9-20)18(25)23(19(22)26)11-17(24)21-12(2)16-8-13-6-4-5-7-15(13)27-16/h4-8,10,12H,3,11H2,1-2H3,(H,21,24). The van der Waals surface area contributed by atoms with Gasteiger partial charge in [-0.05, 0) is 26.0 Å². The van der Waals surface area contributed by atoms with Gasteiger partial charge in [0.2, 0.25) is 5.91 Å². The van der Waals surface area contributed by atoms with Crippen molar-refractivity contribution in [2.24, 2.45) is 0 Å². The molecule has 138 valence electrons. The molecule has 0 aliphatic carbocycles. The Balaban J connectivity index is 1.82. The summed E-state index contributed by atoms with van der Waals surface area (Å²) in [5, 5.41) is 12.7. The first kappa shape index (κ1) is 18.2. The number of furan rings is 1. The van der Waals surface area contributed by atoms with Crippen LogP contribution in [0.3, 0.4) is 0 Å². The summed E-state index contributed by atoms with van der Waals surface area (Å²) in [4.78, 5) is 36.9. The van der Waals surface area contributed by atoms with Gasteiger partial charge in [-0.25, -0.2) is 9.36 Å². The lowest BCUT2D eigenvalue weighted by Gasteiger charge is -2.13. The minimum atomic E-state index is -0.779. The quantitative estimate of drug-likeness (QED) is 0.736. The van der Waals surface area contributed by atoms with Crippen LogP contribution in [0.1, 0.15) is 31.2 Å². The van der Waals surface area contributed by atoms with Gasteiger partial charge in [0, 0.05) is 18.1 Å². The normalized spacial score (nSPS) is 11.9. The second-order valence-electron chi connectivity index (χ2n) is 6.09. The Labute approximate surface area is 154 Å². The van der Waals surface area contributed by atoms with E-state index < -0.39 is 29.7 Å². The van der Waals surface area contributed by atoms with E-state index in [2.05, 4.69) is 5.32 Å². The second kappa shape index (κ2) is 7.33. The fraction of sp³-hybridized carbons (Fsp3) is 0.263. The molecule has 0 spiro atoms. The largest absolute Gasteiger partial charge is 0.459 e. The van der Waals surface area contributed by atoms with Crippen LogP contribution in [0.25, 0.3) is 11.0 Å². The van der Waals surface area contributed by atoms with Gasteiger partial charge < -0.3 is 9.73 Å². The lowest BCUT2D eigenvalue weighted by atomic mass is 10.2. The molecule has 8 heteroatoms. The highest BCUT2D eigenvalue weighted by atomic mass is 16.3. The van der Waals surface area contributed by atoms with E-state index in [9.17, 15) is 14.4 Å². The molecule has 0 fully saturated rings. The van der Waals surface area contributed by atoms with Gasteiger partial charge >= 0.3 is 5.69 Å². The number of carbonyl (C=O) groups excluding carboxylic acids is 1. The third kappa shape index (κ3) is 3.53. The summed E-state index contributed by atoms with van der Waals surface area (Å²) in [5.74, 6) is 0.0357. The smallest absolute Gasteiger partial charge is 0.331 e. The van der Waals surface area contributed by atoms with E-state index in [-0.39, 0.29) is 12.1 Å². The van der Waals surface area contributed by atoms with Gasteiger partial charge in [-0.3, -0.25) is 14.2 Å². The zero-order valence-corrected chi connectivity index (χ0v) is 14.9. The molecule has 2 aromatic heterocycles. The number of aryl methyl sites for hydroxylation is 1. The van der Waals surface area contributed by atoms with Crippen molar-refractivity contribution in [1.29, 1.82) is 5.26 Å². The van der Waals surface area contributed by atoms with Crippen molar-refractivity contribution >= 4 is 16.9 Å². The first-order valence-electron chi connectivity index (χ1n) is 8.46. The molecule has 0 aliphatic heterocycles. The second-order valence-corrected chi connectivity index (χ2v) is 6.09. The minimum Gasteiger partial charge on any atom is -0.459 e. The Bertz CT molecular complexity index is 1130. The summed E-state index contributed by atoms with van der Waals surface area (Å²) in [5.41, 5.74) is -0.890. The fourth-order valence-electron chi connectivity index (χ4n) is 2.81. The predicted molar refractivity (Wildman–Crippen MR) is 98.1 cm³/mol. The van der Waals surface area contributed by atoms with Crippen molar-refractivity contribution in [2.75, 3.05) is 0 Å². The zero-order valence-electron chi connectivity index (χ0n) is 14.9. The van der Waals surface area contributed by atoms with Crippen molar-refractivity contribution in [3.63, 3.8) is 0 Å². The van der Waals surface area contributed by atoms with Gasteiger partial charge in [-0.1, -0.05) is 18.2 Å². The van der Waals surface area contributed by atoms with Gasteiger partial charge in [0.25, 0.3) is 5.56 Å². The number of hydrogen-bond acceptors (Lipinski definition) is 5. The van der Waals surface area contributed by atoms with Crippen molar-refractivity contribution in [3.05, 3.63) is 68.7 Å². The van der Waals surface area contributed by atoms with Crippen molar-refractivity contribution in [3.8, 4) is 6.07 Å². The average molecular weight is 366 g/mol. The van der Waals surface area contributed by atoms with Crippen LogP contribution in [0.2, 0.25) is 0 Å². The van der Waals surface area contributed by atoms with Crippen LogP contribution >= 0.6 is 0 Å². The molecule has 0 radical (unpaired) electrons. The van der Waals surface area contributed by atoms with Gasteiger partial charge in [0.05, 0.1) is 6.04 Å². The summed E-state index contributed by atoms with van der Waals surface area (Å²) in [6.07, 6.45) is 1.20. The molecule has 0 saturated heterocycles. The summed E-state index contributed by atoms with van der Waals surface area (Å²) < 4.78 is 7.69. The molecule has 8 nitrogen and oxygen atoms in total. The first-order chi connectivity index (χ1) is 12.9. The van der Waals surface area contributed by atoms with Gasteiger partial charge in [-0.15, -0.1) is 0 Å². The Morgan fingerprint density at radius 1 is 1.33 bits per heavy atom. The van der Waals surface area contributed by atoms with Gasteiger partial charge in [-0.2, -0.15) is 5.26 Å². The minimum absolute atomic E-state index is 0.186. The van der Waals surface area contributed by atoms with Crippen molar-refractivity contribution in [1.82, 2.24) is 14.5 Å². The SMILES string of the molecule is CCn1cc(C#N)c(=O)n(CC(=O)NC(C)c2cc3ccccc3o2)c1=O. The Kier molecular flexibility index (Phi) is 4.94. The molecule has 1 atom stereocenters. The average Bonchev–Trinajstić information content (AvgIpc) is 3.10. The molecule has 1 N–H and O–H groups in total. The number of nitriles is 1. The molecule has 0 aliphatic rings. The number of fused-ring (bicyclic) bond motifs is 1. The van der Waals surface area contributed by atoms with E-state index in [4.69, 9.17) is 9.68 Å². The summed E-state index contributed by atoms with van der Waals surface area (Å²) in [7, 11) is 0. The van der Waals surface area contributed by atoms with Crippen molar-refractivity contribution in [2.45, 2.75) is 33.0 Å². The molecule has 27 heavy (non-hydrogen) atoms. The Hall–Kier alpha value is -3.60. The van der Waals surface area contributed by atoms with Crippen LogP contribution in [0.15, 0.2) is 50.5 Å². The van der Waals surface area contributed by atoms with Gasteiger partial charge in [0.1, 0.15) is 29.5 Å². The lowest BCUT2D eigenvalue weighted by molar-refractivity contribution is -0.122. The maximum atomic E-state index is 12.4. The van der Waals surface area contributed by atoms with E-state index in [0.717, 1.165) is 9.95 Å². The molecule has 3 aromatic rings. The van der Waals surface area contributed by atoms with E-state index >= 15 is 0 Å². The Morgan fingerprint density at radius 3 is 2.74 bits per heavy atom. The number of hydrogen-bond donors (Lipinski definition) is 1. The number of nitrogens with one attached hydrogen (secondary N) is 1. The van der Waals surface area contributed by atoms with E-state index in [0.29, 0.717) is 11.3 Å². The first-order valence-corrected chi connectivity index (χ1v) is 8.46. The van der Waals surface area contributed by atoms with E-state index in [1.165, 1.54) is 10.8 Å². The van der Waals surface area contributed by atoms with Crippen LogP contribution in [0, 0.1) is 11.3 Å². The zero-order chi connectivity index (χ0) is 19.6. The molecule has 1 unspecified atom stereocenters. The summed E-state index contributed by atoms with van der Waals surface area (Å²) in [6.45, 7) is 3.26. The van der Waals surface area contributed by atoms with E-state index in [1.54, 1.807) is 19.9 Å². The number of amides is 1. The molecule has 0 bridgehead atoms. The fourth-order valence-corrected chi connectivity index (χ4v) is 2.81. The highest BCUT2D eigenvalue weighted by Gasteiger charge is 2.17. The van der Waals surface area contributed by atoms with Crippen LogP contribution in [0.4, 0.5) is 0 Å². The Morgan fingerprint density at radius 2 is 2.07 bits per heavy atom. The molecule has 0 saturated carbocycles. The number of benzene rings is 1. The molecule has 1 amide bonds. The number of carbonyl (C=O) groups is 1. The number of nitrogens with zero attached hydrogens (tertiary/aromatic N) is 3. The number of para-hydroxylation sites is 1. The van der Waals surface area contributed by atoms with Crippen molar-refractivity contribution < 1.29 is 9.21 Å². The predicted octanol–water partition coefficient (Wildman–Crippen LogP) is 1.53. The molecule has 2 heterocycles. The molecular weight excluding hydrogens is 348 g/mol. The molecule has 3 rings (SSSR count). The number of rotatable bonds is 5. The van der Waals surface area contributed by atoms with E-state index in [1.807, 2.05) is 30.3 Å². The number of aromatic nitrogens is 2. The lowest BCUT2D eigenvalue weighted by Crippen LogP contribution is -2.44. The topological polar surface area (TPSA) is 110 Å². The van der Waals surface area contributed by atoms with Crippen LogP contribution < -0.4 is 16.6 Å². The summed E-state index contributed by atoms with van der Waals surface area (Å²) >= 11 is 0. The highest BCUT2D eigenvalue weighted by molar-refractivity contribution is 5.79. The summed E-state index contributed by atoms with van der Waals surface area (Å²) in [6, 6.07) is 10.6. The third-order valence-corrected chi connectivity index (χ3v) is 4.25. The highest BCUT2D eigenvalue weighted by Crippen LogP contribution is 2.23. The van der Waals surface area contributed by atoms with Crippen LogP contribution in [-0.2, 0) is 17.9 Å². The molecule has 1 aromatic carbocycles. The maximum absolute atomic E-state index is 12.4. The third-order valence-electron chi connectivity index (χ3n) is 4.25. The molecular formula is C19H18N4O4.